The first kappa shape index (κ1) is 22.7. The van der Waals surface area contributed by atoms with Gasteiger partial charge in [0.05, 0.1) is 10.9 Å². The van der Waals surface area contributed by atoms with Gasteiger partial charge in [-0.1, -0.05) is 43.6 Å². The normalized spacial score (nSPS) is 17.1. The third-order valence-corrected chi connectivity index (χ3v) is 7.63. The van der Waals surface area contributed by atoms with Crippen molar-refractivity contribution < 1.29 is 13.2 Å². The minimum atomic E-state index is -3.54. The number of rotatable bonds is 6. The van der Waals surface area contributed by atoms with E-state index in [0.717, 1.165) is 5.56 Å². The summed E-state index contributed by atoms with van der Waals surface area (Å²) < 4.78 is 27.4. The van der Waals surface area contributed by atoms with Gasteiger partial charge in [0.1, 0.15) is 0 Å². The smallest absolute Gasteiger partial charge is 0.243 e. The van der Waals surface area contributed by atoms with E-state index < -0.39 is 10.0 Å². The molecule has 3 rings (SSSR count). The Morgan fingerprint density at radius 2 is 1.63 bits per heavy atom. The van der Waals surface area contributed by atoms with E-state index in [1.807, 2.05) is 24.0 Å². The fourth-order valence-corrected chi connectivity index (χ4v) is 5.10. The van der Waals surface area contributed by atoms with Crippen LogP contribution in [-0.2, 0) is 14.8 Å². The number of piperazine rings is 1. The summed E-state index contributed by atoms with van der Waals surface area (Å²) >= 11 is 5.97. The van der Waals surface area contributed by atoms with Crippen molar-refractivity contribution in [1.82, 2.24) is 9.21 Å². The van der Waals surface area contributed by atoms with Gasteiger partial charge >= 0.3 is 0 Å². The van der Waals surface area contributed by atoms with Gasteiger partial charge in [0, 0.05) is 36.9 Å². The number of sulfonamides is 1. The van der Waals surface area contributed by atoms with Crippen molar-refractivity contribution in [3.8, 4) is 0 Å². The summed E-state index contributed by atoms with van der Waals surface area (Å²) in [5.74, 6) is 0.211. The molecule has 1 aliphatic rings. The molecule has 2 aromatic carbocycles. The highest BCUT2D eigenvalue weighted by Crippen LogP contribution is 2.22. The molecule has 0 saturated carbocycles. The average Bonchev–Trinajstić information content (AvgIpc) is 2.73. The number of nitrogens with one attached hydrogen (secondary N) is 1. The van der Waals surface area contributed by atoms with Crippen LogP contribution in [0.5, 0.6) is 0 Å². The highest BCUT2D eigenvalue weighted by atomic mass is 35.5. The van der Waals surface area contributed by atoms with Gasteiger partial charge in [0.25, 0.3) is 0 Å². The molecule has 30 heavy (non-hydrogen) atoms. The number of hydrogen-bond donors (Lipinski definition) is 1. The number of benzene rings is 2. The van der Waals surface area contributed by atoms with Crippen molar-refractivity contribution in [2.45, 2.75) is 37.6 Å². The average molecular weight is 450 g/mol. The standard InChI is InChI=1S/C22H28ClN3O3S/c1-16(2)18-7-9-21(10-8-18)30(28,29)26-13-11-25(12-14-26)17(3)22(27)24-20-6-4-5-19(23)15-20/h4-10,15-17H,11-14H2,1-3H3,(H,24,27)/t17-/m1/s1. The van der Waals surface area contributed by atoms with Crippen LogP contribution in [-0.4, -0.2) is 55.8 Å². The highest BCUT2D eigenvalue weighted by Gasteiger charge is 2.31. The second kappa shape index (κ2) is 9.47. The first-order valence-electron chi connectivity index (χ1n) is 10.1. The summed E-state index contributed by atoms with van der Waals surface area (Å²) in [7, 11) is -3.54. The van der Waals surface area contributed by atoms with Crippen molar-refractivity contribution in [3.05, 3.63) is 59.1 Å². The molecule has 8 heteroatoms. The minimum absolute atomic E-state index is 0.141. The van der Waals surface area contributed by atoms with Crippen molar-refractivity contribution in [2.24, 2.45) is 0 Å². The van der Waals surface area contributed by atoms with Crippen molar-refractivity contribution in [3.63, 3.8) is 0 Å². The molecule has 1 amide bonds. The number of carbonyl (C=O) groups excluding carboxylic acids is 1. The Balaban J connectivity index is 1.59. The number of nitrogens with zero attached hydrogens (tertiary/aromatic N) is 2. The van der Waals surface area contributed by atoms with Crippen LogP contribution in [0.15, 0.2) is 53.4 Å². The fourth-order valence-electron chi connectivity index (χ4n) is 3.48. The summed E-state index contributed by atoms with van der Waals surface area (Å²) in [5.41, 5.74) is 1.75. The maximum atomic E-state index is 13.0. The Labute approximate surface area is 183 Å². The Morgan fingerprint density at radius 1 is 1.00 bits per heavy atom. The van der Waals surface area contributed by atoms with Gasteiger partial charge in [-0.2, -0.15) is 4.31 Å². The molecular formula is C22H28ClN3O3S. The summed E-state index contributed by atoms with van der Waals surface area (Å²) in [4.78, 5) is 14.9. The molecule has 0 spiro atoms. The molecular weight excluding hydrogens is 422 g/mol. The van der Waals surface area contributed by atoms with Crippen LogP contribution in [0, 0.1) is 0 Å². The van der Waals surface area contributed by atoms with E-state index >= 15 is 0 Å². The van der Waals surface area contributed by atoms with Gasteiger partial charge in [0.2, 0.25) is 15.9 Å². The Kier molecular flexibility index (Phi) is 7.18. The van der Waals surface area contributed by atoms with E-state index in [0.29, 0.717) is 47.7 Å². The highest BCUT2D eigenvalue weighted by molar-refractivity contribution is 7.89. The Hall–Kier alpha value is -1.93. The van der Waals surface area contributed by atoms with Crippen LogP contribution < -0.4 is 5.32 Å². The third-order valence-electron chi connectivity index (χ3n) is 5.48. The van der Waals surface area contributed by atoms with Gasteiger partial charge in [-0.05, 0) is 48.7 Å². The molecule has 1 atom stereocenters. The van der Waals surface area contributed by atoms with Gasteiger partial charge in [0.15, 0.2) is 0 Å². The number of carbonyl (C=O) groups is 1. The maximum Gasteiger partial charge on any atom is 0.243 e. The number of halogens is 1. The van der Waals surface area contributed by atoms with Crippen LogP contribution in [0.25, 0.3) is 0 Å². The number of anilines is 1. The van der Waals surface area contributed by atoms with E-state index in [-0.39, 0.29) is 11.9 Å². The quantitative estimate of drug-likeness (QED) is 0.728. The third kappa shape index (κ3) is 5.21. The lowest BCUT2D eigenvalue weighted by atomic mass is 10.0. The van der Waals surface area contributed by atoms with Gasteiger partial charge in [-0.3, -0.25) is 9.69 Å². The molecule has 0 radical (unpaired) electrons. The van der Waals surface area contributed by atoms with Gasteiger partial charge in [-0.25, -0.2) is 8.42 Å². The van der Waals surface area contributed by atoms with Crippen molar-refractivity contribution in [1.29, 1.82) is 0 Å². The van der Waals surface area contributed by atoms with E-state index in [1.54, 1.807) is 36.4 Å². The first-order valence-corrected chi connectivity index (χ1v) is 11.9. The van der Waals surface area contributed by atoms with Crippen molar-refractivity contribution in [2.75, 3.05) is 31.5 Å². The summed E-state index contributed by atoms with van der Waals surface area (Å²) in [5, 5.41) is 3.42. The van der Waals surface area contributed by atoms with E-state index in [9.17, 15) is 13.2 Å². The summed E-state index contributed by atoms with van der Waals surface area (Å²) in [6.07, 6.45) is 0. The maximum absolute atomic E-state index is 13.0. The Morgan fingerprint density at radius 3 is 2.20 bits per heavy atom. The molecule has 0 bridgehead atoms. The zero-order chi connectivity index (χ0) is 21.9. The van der Waals surface area contributed by atoms with E-state index in [2.05, 4.69) is 19.2 Å². The monoisotopic (exact) mass is 449 g/mol. The summed E-state index contributed by atoms with van der Waals surface area (Å²) in [6.45, 7) is 7.67. The summed E-state index contributed by atoms with van der Waals surface area (Å²) in [6, 6.07) is 13.7. The van der Waals surface area contributed by atoms with Crippen LogP contribution >= 0.6 is 11.6 Å². The zero-order valence-electron chi connectivity index (χ0n) is 17.5. The molecule has 1 fully saturated rings. The van der Waals surface area contributed by atoms with Crippen LogP contribution in [0.4, 0.5) is 5.69 Å². The minimum Gasteiger partial charge on any atom is -0.325 e. The second-order valence-corrected chi connectivity index (χ2v) is 10.2. The molecule has 2 aromatic rings. The molecule has 6 nitrogen and oxygen atoms in total. The molecule has 1 heterocycles. The predicted octanol–water partition coefficient (Wildman–Crippen LogP) is 3.80. The fraction of sp³-hybridized carbons (Fsp3) is 0.409. The lowest BCUT2D eigenvalue weighted by Crippen LogP contribution is -2.53. The largest absolute Gasteiger partial charge is 0.325 e. The lowest BCUT2D eigenvalue weighted by molar-refractivity contribution is -0.121. The molecule has 162 valence electrons. The zero-order valence-corrected chi connectivity index (χ0v) is 19.1. The number of hydrogen-bond acceptors (Lipinski definition) is 4. The topological polar surface area (TPSA) is 69.7 Å². The lowest BCUT2D eigenvalue weighted by Gasteiger charge is -2.36. The Bertz CT molecular complexity index is 985. The van der Waals surface area contributed by atoms with Gasteiger partial charge in [-0.15, -0.1) is 0 Å². The van der Waals surface area contributed by atoms with Gasteiger partial charge < -0.3 is 5.32 Å². The van der Waals surface area contributed by atoms with Crippen molar-refractivity contribution >= 4 is 33.2 Å². The van der Waals surface area contributed by atoms with E-state index in [1.165, 1.54) is 4.31 Å². The van der Waals surface area contributed by atoms with E-state index in [4.69, 9.17) is 11.6 Å². The van der Waals surface area contributed by atoms with Crippen LogP contribution in [0.2, 0.25) is 5.02 Å². The first-order chi connectivity index (χ1) is 14.2. The van der Waals surface area contributed by atoms with Crippen LogP contribution in [0.1, 0.15) is 32.3 Å². The molecule has 0 aromatic heterocycles. The molecule has 1 aliphatic heterocycles. The molecule has 0 unspecified atom stereocenters. The SMILES string of the molecule is CC(C)c1ccc(S(=O)(=O)N2CCN([C@H](C)C(=O)Nc3cccc(Cl)c3)CC2)cc1. The second-order valence-electron chi connectivity index (χ2n) is 7.84. The number of amides is 1. The van der Waals surface area contributed by atoms with Crippen LogP contribution in [0.3, 0.4) is 0 Å². The molecule has 1 saturated heterocycles. The molecule has 1 N–H and O–H groups in total. The predicted molar refractivity (Wildman–Crippen MR) is 120 cm³/mol. The molecule has 0 aliphatic carbocycles.